The van der Waals surface area contributed by atoms with Crippen LogP contribution < -0.4 is 10.6 Å². The lowest BCUT2D eigenvalue weighted by atomic mass is 9.85. The number of piperidine rings is 1. The number of amides is 1. The number of benzene rings is 1. The maximum absolute atomic E-state index is 12.1. The lowest BCUT2D eigenvalue weighted by Crippen LogP contribution is -2.35. The Labute approximate surface area is 147 Å². The van der Waals surface area contributed by atoms with Gasteiger partial charge in [-0.15, -0.1) is 0 Å². The van der Waals surface area contributed by atoms with Crippen molar-refractivity contribution in [2.45, 2.75) is 58.8 Å². The molecule has 3 heteroatoms. The normalized spacial score (nSPS) is 19.2. The first kappa shape index (κ1) is 19.0. The Balaban J connectivity index is 1.61. The van der Waals surface area contributed by atoms with E-state index in [2.05, 4.69) is 55.7 Å². The Kier molecular flexibility index (Phi) is 7.77. The summed E-state index contributed by atoms with van der Waals surface area (Å²) >= 11 is 0. The number of hydrogen-bond donors (Lipinski definition) is 2. The zero-order valence-electron chi connectivity index (χ0n) is 15.6. The van der Waals surface area contributed by atoms with Crippen molar-refractivity contribution >= 4 is 5.91 Å². The van der Waals surface area contributed by atoms with Crippen LogP contribution in [-0.2, 0) is 11.2 Å². The number of nitrogens with one attached hydrogen (secondary N) is 2. The van der Waals surface area contributed by atoms with Gasteiger partial charge in [0.05, 0.1) is 0 Å². The van der Waals surface area contributed by atoms with Gasteiger partial charge in [0.25, 0.3) is 0 Å². The number of aryl methyl sites for hydroxylation is 1. The summed E-state index contributed by atoms with van der Waals surface area (Å²) in [6, 6.07) is 8.88. The second kappa shape index (κ2) is 9.83. The molecule has 1 aromatic carbocycles. The highest BCUT2D eigenvalue weighted by Crippen LogP contribution is 2.22. The molecule has 2 N–H and O–H groups in total. The summed E-state index contributed by atoms with van der Waals surface area (Å²) in [5, 5.41) is 6.53. The van der Waals surface area contributed by atoms with Crippen LogP contribution in [0.15, 0.2) is 24.3 Å². The van der Waals surface area contributed by atoms with E-state index in [4.69, 9.17) is 0 Å². The van der Waals surface area contributed by atoms with Crippen LogP contribution in [0.1, 0.15) is 63.5 Å². The molecule has 0 saturated carbocycles. The largest absolute Gasteiger partial charge is 0.356 e. The minimum absolute atomic E-state index is 0.211. The van der Waals surface area contributed by atoms with Crippen LogP contribution in [0.25, 0.3) is 0 Å². The summed E-state index contributed by atoms with van der Waals surface area (Å²) in [5.41, 5.74) is 2.74. The van der Waals surface area contributed by atoms with Crippen molar-refractivity contribution in [3.05, 3.63) is 35.4 Å². The van der Waals surface area contributed by atoms with Gasteiger partial charge in [-0.1, -0.05) is 45.0 Å². The predicted octanol–water partition coefficient (Wildman–Crippen LogP) is 3.88. The fraction of sp³-hybridized carbons (Fsp3) is 0.667. The maximum atomic E-state index is 12.1. The summed E-state index contributed by atoms with van der Waals surface area (Å²) in [6.45, 7) is 9.63. The van der Waals surface area contributed by atoms with E-state index in [0.29, 0.717) is 24.2 Å². The second-order valence-electron chi connectivity index (χ2n) is 7.64. The van der Waals surface area contributed by atoms with Gasteiger partial charge in [-0.05, 0) is 67.7 Å². The SMILES string of the molecule is CC(C)c1ccc(CCCNC(=O)CC(C)C2CCCNC2)cc1. The molecule has 2 rings (SSSR count). The van der Waals surface area contributed by atoms with E-state index < -0.39 is 0 Å². The molecule has 0 radical (unpaired) electrons. The molecule has 1 heterocycles. The highest BCUT2D eigenvalue weighted by molar-refractivity contribution is 5.76. The molecule has 0 spiro atoms. The number of carbonyl (C=O) groups excluding carboxylic acids is 1. The van der Waals surface area contributed by atoms with Gasteiger partial charge in [0.15, 0.2) is 0 Å². The zero-order valence-corrected chi connectivity index (χ0v) is 15.6. The highest BCUT2D eigenvalue weighted by atomic mass is 16.1. The van der Waals surface area contributed by atoms with E-state index in [1.807, 2.05) is 0 Å². The van der Waals surface area contributed by atoms with Crippen LogP contribution in [0.2, 0.25) is 0 Å². The first-order valence-electron chi connectivity index (χ1n) is 9.62. The predicted molar refractivity (Wildman–Crippen MR) is 101 cm³/mol. The highest BCUT2D eigenvalue weighted by Gasteiger charge is 2.21. The molecule has 1 amide bonds. The van der Waals surface area contributed by atoms with Crippen molar-refractivity contribution in [1.29, 1.82) is 0 Å². The van der Waals surface area contributed by atoms with Crippen molar-refractivity contribution in [2.24, 2.45) is 11.8 Å². The average molecular weight is 331 g/mol. The number of carbonyl (C=O) groups is 1. The maximum Gasteiger partial charge on any atom is 0.220 e. The van der Waals surface area contributed by atoms with Crippen LogP contribution in [0.5, 0.6) is 0 Å². The van der Waals surface area contributed by atoms with Gasteiger partial charge >= 0.3 is 0 Å². The zero-order chi connectivity index (χ0) is 17.4. The number of rotatable bonds is 8. The smallest absolute Gasteiger partial charge is 0.220 e. The Bertz CT molecular complexity index is 489. The van der Waals surface area contributed by atoms with E-state index in [0.717, 1.165) is 32.5 Å². The van der Waals surface area contributed by atoms with Crippen molar-refractivity contribution in [2.75, 3.05) is 19.6 Å². The lowest BCUT2D eigenvalue weighted by Gasteiger charge is -2.28. The fourth-order valence-corrected chi connectivity index (χ4v) is 3.49. The molecule has 0 bridgehead atoms. The van der Waals surface area contributed by atoms with Gasteiger partial charge in [0, 0.05) is 13.0 Å². The fourth-order valence-electron chi connectivity index (χ4n) is 3.49. The van der Waals surface area contributed by atoms with Crippen LogP contribution in [0, 0.1) is 11.8 Å². The van der Waals surface area contributed by atoms with E-state index in [1.165, 1.54) is 24.0 Å². The first-order valence-corrected chi connectivity index (χ1v) is 9.62. The molecule has 134 valence electrons. The summed E-state index contributed by atoms with van der Waals surface area (Å²) < 4.78 is 0. The summed E-state index contributed by atoms with van der Waals surface area (Å²) in [5.74, 6) is 1.92. The van der Waals surface area contributed by atoms with E-state index >= 15 is 0 Å². The summed E-state index contributed by atoms with van der Waals surface area (Å²) in [4.78, 5) is 12.1. The van der Waals surface area contributed by atoms with Crippen LogP contribution in [-0.4, -0.2) is 25.5 Å². The monoisotopic (exact) mass is 330 g/mol. The van der Waals surface area contributed by atoms with Crippen molar-refractivity contribution in [3.8, 4) is 0 Å². The molecule has 24 heavy (non-hydrogen) atoms. The molecule has 0 aliphatic carbocycles. The van der Waals surface area contributed by atoms with Gasteiger partial charge in [-0.25, -0.2) is 0 Å². The van der Waals surface area contributed by atoms with Gasteiger partial charge in [-0.2, -0.15) is 0 Å². The molecule has 2 unspecified atom stereocenters. The van der Waals surface area contributed by atoms with Crippen molar-refractivity contribution < 1.29 is 4.79 Å². The van der Waals surface area contributed by atoms with Gasteiger partial charge in [0.1, 0.15) is 0 Å². The third-order valence-electron chi connectivity index (χ3n) is 5.26. The van der Waals surface area contributed by atoms with Crippen LogP contribution >= 0.6 is 0 Å². The Morgan fingerprint density at radius 3 is 2.62 bits per heavy atom. The van der Waals surface area contributed by atoms with Crippen LogP contribution in [0.3, 0.4) is 0 Å². The van der Waals surface area contributed by atoms with E-state index in [-0.39, 0.29) is 5.91 Å². The first-order chi connectivity index (χ1) is 11.6. The summed E-state index contributed by atoms with van der Waals surface area (Å²) in [6.07, 6.45) is 5.20. The summed E-state index contributed by atoms with van der Waals surface area (Å²) in [7, 11) is 0. The molecule has 0 aromatic heterocycles. The molecule has 1 aliphatic rings. The third-order valence-corrected chi connectivity index (χ3v) is 5.26. The molecule has 1 saturated heterocycles. The molecular formula is C21H34N2O. The molecule has 1 aromatic rings. The topological polar surface area (TPSA) is 41.1 Å². The molecule has 3 nitrogen and oxygen atoms in total. The van der Waals surface area contributed by atoms with Crippen LogP contribution in [0.4, 0.5) is 0 Å². The lowest BCUT2D eigenvalue weighted by molar-refractivity contribution is -0.122. The Hall–Kier alpha value is -1.35. The molecular weight excluding hydrogens is 296 g/mol. The Morgan fingerprint density at radius 2 is 2.00 bits per heavy atom. The molecule has 1 fully saturated rings. The van der Waals surface area contributed by atoms with Gasteiger partial charge in [-0.3, -0.25) is 4.79 Å². The van der Waals surface area contributed by atoms with Gasteiger partial charge in [0.2, 0.25) is 5.91 Å². The Morgan fingerprint density at radius 1 is 1.25 bits per heavy atom. The van der Waals surface area contributed by atoms with Crippen molar-refractivity contribution in [1.82, 2.24) is 10.6 Å². The minimum atomic E-state index is 0.211. The van der Waals surface area contributed by atoms with Crippen molar-refractivity contribution in [3.63, 3.8) is 0 Å². The minimum Gasteiger partial charge on any atom is -0.356 e. The molecule has 1 aliphatic heterocycles. The number of hydrogen-bond acceptors (Lipinski definition) is 2. The van der Waals surface area contributed by atoms with E-state index in [9.17, 15) is 4.79 Å². The standard InChI is InChI=1S/C21H34N2O/c1-16(2)19-10-8-18(9-11-19)6-4-13-23-21(24)14-17(3)20-7-5-12-22-15-20/h8-11,16-17,20,22H,4-7,12-15H2,1-3H3,(H,23,24). The van der Waals surface area contributed by atoms with E-state index in [1.54, 1.807) is 0 Å². The second-order valence-corrected chi connectivity index (χ2v) is 7.64. The molecule has 2 atom stereocenters. The third kappa shape index (κ3) is 6.27. The van der Waals surface area contributed by atoms with Gasteiger partial charge < -0.3 is 10.6 Å². The quantitative estimate of drug-likeness (QED) is 0.710. The average Bonchev–Trinajstić information content (AvgIpc) is 2.60.